The largest absolute Gasteiger partial charge is 0.497 e. The first-order valence-electron chi connectivity index (χ1n) is 15.1. The Hall–Kier alpha value is -5.59. The molecule has 0 bridgehead atoms. The fraction of sp³-hybridized carbons (Fsp3) is 0.135. The lowest BCUT2D eigenvalue weighted by Gasteiger charge is -2.15. The third kappa shape index (κ3) is 9.06. The first-order valence-corrected chi connectivity index (χ1v) is 16.8. The number of benzene rings is 4. The Morgan fingerprint density at radius 2 is 1.59 bits per heavy atom. The van der Waals surface area contributed by atoms with Crippen LogP contribution in [0.3, 0.4) is 0 Å². The summed E-state index contributed by atoms with van der Waals surface area (Å²) < 4.78 is 16.2. The van der Waals surface area contributed by atoms with Gasteiger partial charge in [-0.05, 0) is 73.7 Å². The lowest BCUT2D eigenvalue weighted by Crippen LogP contribution is -2.30. The lowest BCUT2D eigenvalue weighted by molar-refractivity contribution is -0.115. The highest BCUT2D eigenvalue weighted by Crippen LogP contribution is 2.33. The van der Waals surface area contributed by atoms with Crippen molar-refractivity contribution in [1.82, 2.24) is 10.3 Å². The van der Waals surface area contributed by atoms with Gasteiger partial charge in [0, 0.05) is 32.7 Å². The Bertz CT molecular complexity index is 1960. The summed E-state index contributed by atoms with van der Waals surface area (Å²) in [5, 5.41) is 10.4. The van der Waals surface area contributed by atoms with Gasteiger partial charge in [-0.15, -0.1) is 23.1 Å². The van der Waals surface area contributed by atoms with Crippen LogP contribution in [-0.4, -0.2) is 49.3 Å². The van der Waals surface area contributed by atoms with E-state index in [0.29, 0.717) is 33.4 Å². The molecule has 12 heteroatoms. The topological polar surface area (TPSA) is 128 Å². The van der Waals surface area contributed by atoms with Gasteiger partial charge in [-0.3, -0.25) is 14.4 Å². The van der Waals surface area contributed by atoms with Gasteiger partial charge in [0.1, 0.15) is 11.4 Å². The molecule has 0 saturated heterocycles. The summed E-state index contributed by atoms with van der Waals surface area (Å²) in [6, 6.07) is 28.5. The molecule has 5 rings (SSSR count). The number of hydrogen-bond donors (Lipinski definition) is 3. The molecule has 0 spiro atoms. The molecule has 250 valence electrons. The molecule has 3 N–H and O–H groups in total. The van der Waals surface area contributed by atoms with Crippen LogP contribution in [0.5, 0.6) is 17.2 Å². The molecular formula is C37H34N4O6S2. The van der Waals surface area contributed by atoms with Crippen LogP contribution in [0.15, 0.2) is 113 Å². The van der Waals surface area contributed by atoms with Crippen LogP contribution in [-0.2, 0) is 9.59 Å². The number of para-hydroxylation sites is 1. The summed E-state index contributed by atoms with van der Waals surface area (Å²) >= 11 is 2.68. The van der Waals surface area contributed by atoms with Crippen LogP contribution in [0.25, 0.3) is 17.3 Å². The smallest absolute Gasteiger partial charge is 0.272 e. The predicted octanol–water partition coefficient (Wildman–Crippen LogP) is 7.36. The molecule has 1 aromatic heterocycles. The van der Waals surface area contributed by atoms with Crippen LogP contribution in [0.2, 0.25) is 0 Å². The van der Waals surface area contributed by atoms with Crippen molar-refractivity contribution in [3.05, 3.63) is 119 Å². The first kappa shape index (κ1) is 34.7. The number of anilines is 2. The van der Waals surface area contributed by atoms with E-state index in [9.17, 15) is 14.4 Å². The predicted molar refractivity (Wildman–Crippen MR) is 195 cm³/mol. The third-order valence-corrected chi connectivity index (χ3v) is 9.01. The Balaban J connectivity index is 1.28. The molecule has 0 saturated carbocycles. The number of hydrogen-bond acceptors (Lipinski definition) is 9. The number of amides is 3. The molecule has 10 nitrogen and oxygen atoms in total. The fourth-order valence-electron chi connectivity index (χ4n) is 4.66. The van der Waals surface area contributed by atoms with Gasteiger partial charge in [-0.2, -0.15) is 0 Å². The zero-order valence-electron chi connectivity index (χ0n) is 27.2. The summed E-state index contributed by atoms with van der Waals surface area (Å²) in [5.41, 5.74) is 3.05. The van der Waals surface area contributed by atoms with Crippen molar-refractivity contribution in [3.63, 3.8) is 0 Å². The Morgan fingerprint density at radius 3 is 2.31 bits per heavy atom. The van der Waals surface area contributed by atoms with Gasteiger partial charge < -0.3 is 30.2 Å². The van der Waals surface area contributed by atoms with E-state index >= 15 is 0 Å². The van der Waals surface area contributed by atoms with Crippen LogP contribution >= 0.6 is 23.1 Å². The van der Waals surface area contributed by atoms with Gasteiger partial charge in [-0.1, -0.05) is 36.4 Å². The number of ether oxygens (including phenoxy) is 3. The van der Waals surface area contributed by atoms with Crippen molar-refractivity contribution in [3.8, 4) is 28.5 Å². The highest BCUT2D eigenvalue weighted by Gasteiger charge is 2.19. The number of rotatable bonds is 13. The number of aromatic nitrogens is 1. The van der Waals surface area contributed by atoms with Crippen LogP contribution < -0.4 is 30.2 Å². The number of carbonyl (C=O) groups is 3. The summed E-state index contributed by atoms with van der Waals surface area (Å²) in [6.07, 6.45) is 1.53. The van der Waals surface area contributed by atoms with E-state index in [-0.39, 0.29) is 11.6 Å². The van der Waals surface area contributed by atoms with E-state index < -0.39 is 17.1 Å². The monoisotopic (exact) mass is 694 g/mol. The molecule has 1 atom stereocenters. The lowest BCUT2D eigenvalue weighted by atomic mass is 10.1. The maximum Gasteiger partial charge on any atom is 0.272 e. The van der Waals surface area contributed by atoms with Gasteiger partial charge in [0.25, 0.3) is 11.8 Å². The normalized spacial score (nSPS) is 11.6. The maximum absolute atomic E-state index is 13.7. The minimum atomic E-state index is -0.557. The zero-order chi connectivity index (χ0) is 34.8. The molecular weight excluding hydrogens is 661 g/mol. The molecule has 3 amide bonds. The van der Waals surface area contributed by atoms with E-state index in [1.165, 1.54) is 43.4 Å². The molecule has 1 unspecified atom stereocenters. The highest BCUT2D eigenvalue weighted by molar-refractivity contribution is 8.00. The number of methoxy groups -OCH3 is 3. The Morgan fingerprint density at radius 1 is 0.837 bits per heavy atom. The molecule has 49 heavy (non-hydrogen) atoms. The third-order valence-electron chi connectivity index (χ3n) is 7.16. The standard InChI is InChI=1S/C37H34N4O6S2/c1-23(34(42)41-37-40-31(22-48-37)24-16-18-28(45-2)19-17-24)49-29-14-9-13-27(21-29)38-36(44)30(39-35(43)25-10-6-5-7-11-25)20-26-12-8-15-32(46-3)33(26)47-4/h5-23H,1-4H3,(H,38,44)(H,39,43)(H,40,41,42)/b30-20+. The van der Waals surface area contributed by atoms with E-state index in [0.717, 1.165) is 21.9 Å². The average Bonchev–Trinajstić information content (AvgIpc) is 3.60. The Kier molecular flexibility index (Phi) is 11.7. The summed E-state index contributed by atoms with van der Waals surface area (Å²) in [7, 11) is 4.63. The Labute approximate surface area is 292 Å². The van der Waals surface area contributed by atoms with Gasteiger partial charge in [-0.25, -0.2) is 4.98 Å². The molecule has 5 aromatic rings. The molecule has 0 aliphatic carbocycles. The van der Waals surface area contributed by atoms with Crippen molar-refractivity contribution in [2.24, 2.45) is 0 Å². The van der Waals surface area contributed by atoms with Gasteiger partial charge >= 0.3 is 0 Å². The molecule has 0 fully saturated rings. The molecule has 0 radical (unpaired) electrons. The quantitative estimate of drug-likeness (QED) is 0.0862. The number of carbonyl (C=O) groups excluding carboxylic acids is 3. The number of thiazole rings is 1. The van der Waals surface area contributed by atoms with Gasteiger partial charge in [0.2, 0.25) is 5.91 Å². The second kappa shape index (κ2) is 16.5. The van der Waals surface area contributed by atoms with Crippen molar-refractivity contribution in [1.29, 1.82) is 0 Å². The van der Waals surface area contributed by atoms with E-state index in [1.807, 2.05) is 35.7 Å². The minimum absolute atomic E-state index is 0.0105. The summed E-state index contributed by atoms with van der Waals surface area (Å²) in [4.78, 5) is 45.2. The van der Waals surface area contributed by atoms with Crippen molar-refractivity contribution < 1.29 is 28.6 Å². The van der Waals surface area contributed by atoms with Crippen LogP contribution in [0.1, 0.15) is 22.8 Å². The summed E-state index contributed by atoms with van der Waals surface area (Å²) in [5.74, 6) is 0.409. The number of nitrogens with one attached hydrogen (secondary N) is 3. The fourth-order valence-corrected chi connectivity index (χ4v) is 6.31. The zero-order valence-corrected chi connectivity index (χ0v) is 28.8. The van der Waals surface area contributed by atoms with Crippen LogP contribution in [0.4, 0.5) is 10.8 Å². The number of thioether (sulfide) groups is 1. The SMILES string of the molecule is COc1ccc(-c2csc(NC(=O)C(C)Sc3cccc(NC(=O)/C(=C\c4cccc(OC)c4OC)NC(=O)c4ccccc4)c3)n2)cc1. The average molecular weight is 695 g/mol. The minimum Gasteiger partial charge on any atom is -0.497 e. The second-order valence-corrected chi connectivity index (χ2v) is 12.7. The molecule has 1 heterocycles. The van der Waals surface area contributed by atoms with Crippen molar-refractivity contribution >= 4 is 57.7 Å². The van der Waals surface area contributed by atoms with Gasteiger partial charge in [0.15, 0.2) is 16.6 Å². The van der Waals surface area contributed by atoms with Crippen molar-refractivity contribution in [2.45, 2.75) is 17.1 Å². The summed E-state index contributed by atoms with van der Waals surface area (Å²) in [6.45, 7) is 1.80. The van der Waals surface area contributed by atoms with E-state index in [1.54, 1.807) is 80.8 Å². The molecule has 0 aliphatic rings. The molecule has 4 aromatic carbocycles. The van der Waals surface area contributed by atoms with E-state index in [2.05, 4.69) is 20.9 Å². The van der Waals surface area contributed by atoms with Crippen LogP contribution in [0, 0.1) is 0 Å². The maximum atomic E-state index is 13.7. The highest BCUT2D eigenvalue weighted by atomic mass is 32.2. The van der Waals surface area contributed by atoms with Crippen molar-refractivity contribution in [2.75, 3.05) is 32.0 Å². The van der Waals surface area contributed by atoms with E-state index in [4.69, 9.17) is 14.2 Å². The van der Waals surface area contributed by atoms with Gasteiger partial charge in [0.05, 0.1) is 32.3 Å². The number of nitrogens with zero attached hydrogens (tertiary/aromatic N) is 1. The second-order valence-electron chi connectivity index (χ2n) is 10.5. The molecule has 0 aliphatic heterocycles. The first-order chi connectivity index (χ1) is 23.8.